The Balaban J connectivity index is 1.76. The van der Waals surface area contributed by atoms with E-state index in [2.05, 4.69) is 10.4 Å². The third-order valence-corrected chi connectivity index (χ3v) is 5.83. The zero-order chi connectivity index (χ0) is 15.5. The van der Waals surface area contributed by atoms with Crippen LogP contribution in [0.1, 0.15) is 49.0 Å². The van der Waals surface area contributed by atoms with Crippen LogP contribution in [0.2, 0.25) is 0 Å². The monoisotopic (exact) mass is 304 g/mol. The van der Waals surface area contributed by atoms with Crippen molar-refractivity contribution in [2.75, 3.05) is 7.05 Å². The molecule has 0 aliphatic heterocycles. The van der Waals surface area contributed by atoms with Crippen LogP contribution in [0.3, 0.4) is 0 Å². The highest BCUT2D eigenvalue weighted by molar-refractivity contribution is 5.95. The Kier molecular flexibility index (Phi) is 2.83. The highest BCUT2D eigenvalue weighted by Crippen LogP contribution is 2.58. The first-order valence-electron chi connectivity index (χ1n) is 7.97. The summed E-state index contributed by atoms with van der Waals surface area (Å²) >= 11 is 0. The standard InChI is InChI=1S/C15H20N4O3/c1-16-14(20)13-12(19(21)22)8-18(17-13)15-5-9-2-10(6-15)4-11(3-9)7-15/h8-11H,2-7H2,1H3,(H,16,20). The number of nitro groups is 1. The van der Waals surface area contributed by atoms with Gasteiger partial charge in [-0.1, -0.05) is 0 Å². The number of carbonyl (C=O) groups excluding carboxylic acids is 1. The number of hydrogen-bond donors (Lipinski definition) is 1. The van der Waals surface area contributed by atoms with E-state index in [1.807, 2.05) is 0 Å². The molecule has 22 heavy (non-hydrogen) atoms. The topological polar surface area (TPSA) is 90.1 Å². The normalized spacial score (nSPS) is 35.6. The molecule has 0 radical (unpaired) electrons. The molecule has 0 spiro atoms. The van der Waals surface area contributed by atoms with Crippen molar-refractivity contribution in [2.45, 2.75) is 44.1 Å². The molecular weight excluding hydrogens is 284 g/mol. The van der Waals surface area contributed by atoms with Crippen LogP contribution in [0.4, 0.5) is 5.69 Å². The summed E-state index contributed by atoms with van der Waals surface area (Å²) in [5.74, 6) is 1.67. The van der Waals surface area contributed by atoms with E-state index in [1.165, 1.54) is 32.5 Å². The molecule has 118 valence electrons. The van der Waals surface area contributed by atoms with Gasteiger partial charge in [0, 0.05) is 7.05 Å². The minimum atomic E-state index is -0.505. The zero-order valence-corrected chi connectivity index (χ0v) is 12.6. The number of aromatic nitrogens is 2. The first kappa shape index (κ1) is 13.7. The van der Waals surface area contributed by atoms with E-state index < -0.39 is 10.8 Å². The highest BCUT2D eigenvalue weighted by atomic mass is 16.6. The van der Waals surface area contributed by atoms with Crippen LogP contribution in [0.15, 0.2) is 6.20 Å². The Morgan fingerprint density at radius 3 is 2.32 bits per heavy atom. The number of nitrogens with one attached hydrogen (secondary N) is 1. The Labute approximate surface area is 128 Å². The van der Waals surface area contributed by atoms with Crippen molar-refractivity contribution in [3.05, 3.63) is 22.0 Å². The second-order valence-electron chi connectivity index (χ2n) is 7.29. The molecule has 0 aromatic carbocycles. The van der Waals surface area contributed by atoms with Crippen LogP contribution in [0.5, 0.6) is 0 Å². The summed E-state index contributed by atoms with van der Waals surface area (Å²) in [5.41, 5.74) is -0.357. The van der Waals surface area contributed by atoms with Gasteiger partial charge >= 0.3 is 5.69 Å². The summed E-state index contributed by atoms with van der Waals surface area (Å²) < 4.78 is 1.76. The molecule has 4 aliphatic rings. The van der Waals surface area contributed by atoms with Crippen LogP contribution in [0.25, 0.3) is 0 Å². The fraction of sp³-hybridized carbons (Fsp3) is 0.733. The summed E-state index contributed by atoms with van der Waals surface area (Å²) in [6, 6.07) is 0. The third-order valence-electron chi connectivity index (χ3n) is 5.83. The molecule has 1 N–H and O–H groups in total. The Hall–Kier alpha value is -1.92. The summed E-state index contributed by atoms with van der Waals surface area (Å²) in [4.78, 5) is 22.6. The van der Waals surface area contributed by atoms with Crippen molar-refractivity contribution in [1.29, 1.82) is 0 Å². The van der Waals surface area contributed by atoms with Gasteiger partial charge < -0.3 is 5.32 Å². The van der Waals surface area contributed by atoms with Crippen LogP contribution in [-0.4, -0.2) is 27.7 Å². The molecule has 4 aliphatic carbocycles. The molecule has 5 rings (SSSR count). The van der Waals surface area contributed by atoms with Crippen LogP contribution in [0, 0.1) is 27.9 Å². The fourth-order valence-corrected chi connectivity index (χ4v) is 5.37. The smallest absolute Gasteiger partial charge is 0.320 e. The van der Waals surface area contributed by atoms with Gasteiger partial charge in [-0.25, -0.2) is 0 Å². The van der Waals surface area contributed by atoms with Gasteiger partial charge in [-0.15, -0.1) is 0 Å². The van der Waals surface area contributed by atoms with E-state index in [9.17, 15) is 14.9 Å². The van der Waals surface area contributed by atoms with E-state index in [0.29, 0.717) is 0 Å². The molecule has 0 unspecified atom stereocenters. The Bertz CT molecular complexity index is 616. The van der Waals surface area contributed by atoms with Crippen molar-refractivity contribution in [2.24, 2.45) is 17.8 Å². The van der Waals surface area contributed by atoms with Gasteiger partial charge in [0.25, 0.3) is 5.91 Å². The van der Waals surface area contributed by atoms with Gasteiger partial charge in [0.1, 0.15) is 6.20 Å². The molecule has 1 aromatic rings. The van der Waals surface area contributed by atoms with E-state index in [4.69, 9.17) is 0 Å². The Morgan fingerprint density at radius 2 is 1.86 bits per heavy atom. The first-order chi connectivity index (χ1) is 10.5. The summed E-state index contributed by atoms with van der Waals surface area (Å²) in [6.07, 6.45) is 8.51. The summed E-state index contributed by atoms with van der Waals surface area (Å²) in [6.45, 7) is 0. The van der Waals surface area contributed by atoms with Gasteiger partial charge in [-0.3, -0.25) is 19.6 Å². The maximum Gasteiger partial charge on any atom is 0.320 e. The maximum absolute atomic E-state index is 11.9. The van der Waals surface area contributed by atoms with Gasteiger partial charge in [0.15, 0.2) is 0 Å². The lowest BCUT2D eigenvalue weighted by molar-refractivity contribution is -0.385. The number of hydrogen-bond acceptors (Lipinski definition) is 4. The fourth-order valence-electron chi connectivity index (χ4n) is 5.37. The van der Waals surface area contributed by atoms with E-state index >= 15 is 0 Å². The first-order valence-corrected chi connectivity index (χ1v) is 7.97. The molecule has 1 heterocycles. The molecule has 7 nitrogen and oxygen atoms in total. The molecule has 4 saturated carbocycles. The molecule has 7 heteroatoms. The molecule has 0 saturated heterocycles. The van der Waals surface area contributed by atoms with Gasteiger partial charge in [-0.2, -0.15) is 5.10 Å². The van der Waals surface area contributed by atoms with Crippen molar-refractivity contribution >= 4 is 11.6 Å². The molecule has 1 amide bonds. The van der Waals surface area contributed by atoms with E-state index in [0.717, 1.165) is 37.0 Å². The van der Waals surface area contributed by atoms with Crippen LogP contribution >= 0.6 is 0 Å². The highest BCUT2D eigenvalue weighted by Gasteiger charge is 2.53. The maximum atomic E-state index is 11.9. The predicted octanol–water partition coefficient (Wildman–Crippen LogP) is 2.08. The molecule has 4 bridgehead atoms. The van der Waals surface area contributed by atoms with E-state index in [1.54, 1.807) is 4.68 Å². The third kappa shape index (κ3) is 1.87. The number of amides is 1. The largest absolute Gasteiger partial charge is 0.353 e. The average molecular weight is 304 g/mol. The second kappa shape index (κ2) is 4.54. The quantitative estimate of drug-likeness (QED) is 0.683. The average Bonchev–Trinajstić information content (AvgIpc) is 2.91. The van der Waals surface area contributed by atoms with Gasteiger partial charge in [0.05, 0.1) is 10.5 Å². The molecule has 0 atom stereocenters. The second-order valence-corrected chi connectivity index (χ2v) is 7.29. The minimum Gasteiger partial charge on any atom is -0.353 e. The number of nitrogens with zero attached hydrogens (tertiary/aromatic N) is 3. The molecular formula is C15H20N4O3. The zero-order valence-electron chi connectivity index (χ0n) is 12.6. The van der Waals surface area contributed by atoms with Crippen molar-refractivity contribution < 1.29 is 9.72 Å². The molecule has 4 fully saturated rings. The summed E-state index contributed by atoms with van der Waals surface area (Å²) in [7, 11) is 1.47. The van der Waals surface area contributed by atoms with Crippen molar-refractivity contribution in [1.82, 2.24) is 15.1 Å². The molecule has 1 aromatic heterocycles. The summed E-state index contributed by atoms with van der Waals surface area (Å²) in [5, 5.41) is 18.1. The van der Waals surface area contributed by atoms with Gasteiger partial charge in [0.2, 0.25) is 5.69 Å². The minimum absolute atomic E-state index is 0.0664. The number of rotatable bonds is 3. The van der Waals surface area contributed by atoms with Crippen molar-refractivity contribution in [3.8, 4) is 0 Å². The SMILES string of the molecule is CNC(=O)c1nn(C23CC4CC(CC(C4)C2)C3)cc1[N+](=O)[O-]. The van der Waals surface area contributed by atoms with Crippen LogP contribution < -0.4 is 5.32 Å². The number of carbonyl (C=O) groups is 1. The lowest BCUT2D eigenvalue weighted by Crippen LogP contribution is -2.52. The van der Waals surface area contributed by atoms with E-state index in [-0.39, 0.29) is 16.9 Å². The lowest BCUT2D eigenvalue weighted by Gasteiger charge is -2.56. The Morgan fingerprint density at radius 1 is 1.32 bits per heavy atom. The van der Waals surface area contributed by atoms with Gasteiger partial charge in [-0.05, 0) is 56.3 Å². The lowest BCUT2D eigenvalue weighted by atomic mass is 9.53. The van der Waals surface area contributed by atoms with Crippen LogP contribution in [-0.2, 0) is 5.54 Å². The van der Waals surface area contributed by atoms with Crippen molar-refractivity contribution in [3.63, 3.8) is 0 Å². The predicted molar refractivity (Wildman–Crippen MR) is 78.4 cm³/mol.